The third kappa shape index (κ3) is 8.96. The van der Waals surface area contributed by atoms with Gasteiger partial charge in [-0.05, 0) is 84.9 Å². The van der Waals surface area contributed by atoms with Crippen molar-refractivity contribution in [1.82, 2.24) is 0 Å². The zero-order valence-corrected chi connectivity index (χ0v) is 24.7. The average Bonchev–Trinajstić information content (AvgIpc) is 2.84. The molecule has 3 rings (SSSR count). The quantitative estimate of drug-likeness (QED) is 0.214. The number of para-hydroxylation sites is 1. The fourth-order valence-corrected chi connectivity index (χ4v) is 4.88. The molecule has 8 nitrogen and oxygen atoms in total. The second-order valence-electron chi connectivity index (χ2n) is 11.8. The number of hydrogen-bond acceptors (Lipinski definition) is 7. The van der Waals surface area contributed by atoms with E-state index >= 15 is 0 Å². The number of carbonyl (C=O) groups is 3. The lowest BCUT2D eigenvalue weighted by Gasteiger charge is -2.40. The van der Waals surface area contributed by atoms with Crippen molar-refractivity contribution in [1.29, 1.82) is 0 Å². The molecule has 1 fully saturated rings. The highest BCUT2D eigenvalue weighted by Gasteiger charge is 2.37. The van der Waals surface area contributed by atoms with E-state index in [2.05, 4.69) is 0 Å². The van der Waals surface area contributed by atoms with Gasteiger partial charge < -0.3 is 24.2 Å². The maximum absolute atomic E-state index is 13.5. The van der Waals surface area contributed by atoms with Crippen molar-refractivity contribution in [3.05, 3.63) is 77.6 Å². The molecule has 1 N–H and O–H groups in total. The number of aliphatic carboxylic acids is 1. The minimum atomic E-state index is -1.14. The summed E-state index contributed by atoms with van der Waals surface area (Å²) in [5.74, 6) is -3.32. The van der Waals surface area contributed by atoms with Crippen molar-refractivity contribution in [2.75, 3.05) is 4.90 Å². The third-order valence-electron chi connectivity index (χ3n) is 6.35. The summed E-state index contributed by atoms with van der Waals surface area (Å²) in [6.07, 6.45) is 2.56. The average molecular weight is 570 g/mol. The lowest BCUT2D eigenvalue weighted by molar-refractivity contribution is -0.290. The third-order valence-corrected chi connectivity index (χ3v) is 6.35. The second-order valence-corrected chi connectivity index (χ2v) is 11.8. The Balaban J connectivity index is 1.89. The van der Waals surface area contributed by atoms with E-state index in [0.29, 0.717) is 23.2 Å². The number of esters is 1. The predicted molar refractivity (Wildman–Crippen MR) is 153 cm³/mol. The molecule has 1 saturated heterocycles. The van der Waals surface area contributed by atoms with Gasteiger partial charge in [0.05, 0.1) is 18.6 Å². The van der Waals surface area contributed by atoms with Gasteiger partial charge in [-0.2, -0.15) is 0 Å². The van der Waals surface area contributed by atoms with Gasteiger partial charge in [0.2, 0.25) is 0 Å². The number of carboxylic acid groups (broad SMARTS) is 1. The topological polar surface area (TPSA) is 102 Å². The molecule has 41 heavy (non-hydrogen) atoms. The fraction of sp³-hybridized carbons (Fsp3) is 0.469. The first kappa shape index (κ1) is 32.0. The Hall–Kier alpha value is -3.56. The Labute approximate surface area is 241 Å². The number of carboxylic acids is 1. The number of ether oxygens (including phenoxy) is 3. The number of rotatable bonds is 10. The first-order valence-electron chi connectivity index (χ1n) is 13.7. The van der Waals surface area contributed by atoms with Gasteiger partial charge in [0, 0.05) is 29.3 Å². The van der Waals surface area contributed by atoms with Crippen LogP contribution in [0.5, 0.6) is 0 Å². The molecular formula is C32H40FNO7. The predicted octanol–water partition coefficient (Wildman–Crippen LogP) is 5.92. The Bertz CT molecular complexity index is 1260. The number of nitrogens with zero attached hydrogens (tertiary/aromatic N) is 1. The molecule has 0 aromatic heterocycles. The molecule has 3 atom stereocenters. The van der Waals surface area contributed by atoms with Crippen LogP contribution in [-0.2, 0) is 23.8 Å². The molecule has 0 spiro atoms. The van der Waals surface area contributed by atoms with Gasteiger partial charge in [0.25, 0.3) is 0 Å². The zero-order chi connectivity index (χ0) is 30.5. The first-order valence-corrected chi connectivity index (χ1v) is 13.7. The van der Waals surface area contributed by atoms with Crippen LogP contribution in [0.15, 0.2) is 60.7 Å². The number of carbonyl (C=O) groups excluding carboxylic acids is 2. The van der Waals surface area contributed by atoms with E-state index in [1.807, 2.05) is 13.8 Å². The van der Waals surface area contributed by atoms with Crippen molar-refractivity contribution in [2.45, 2.75) is 97.0 Å². The smallest absolute Gasteiger partial charge is 0.330 e. The fourth-order valence-electron chi connectivity index (χ4n) is 4.88. The van der Waals surface area contributed by atoms with Crippen LogP contribution in [0.25, 0.3) is 0 Å². The summed E-state index contributed by atoms with van der Waals surface area (Å²) in [7, 11) is 0. The summed E-state index contributed by atoms with van der Waals surface area (Å²) in [4.78, 5) is 40.1. The standard InChI is InChI=1S/C32H40FNO7/c1-20(2)34(26-11-9-8-10-25(26)29(36)21-12-14-22(33)15-13-21)27(30(37)38)17-16-23-18-24(40-32(6,7)39-23)19-28(35)41-31(3,4)5/h8-17,20,23-24,27H,18-19H2,1-7H3,(H,37,38)/b17-16+/t23-,24-,27?/m1/s1. The number of anilines is 1. The zero-order valence-electron chi connectivity index (χ0n) is 24.7. The van der Waals surface area contributed by atoms with Gasteiger partial charge in [0.15, 0.2) is 11.6 Å². The molecule has 9 heteroatoms. The summed E-state index contributed by atoms with van der Waals surface area (Å²) >= 11 is 0. The molecule has 2 aromatic carbocycles. The lowest BCUT2D eigenvalue weighted by Crippen LogP contribution is -2.47. The summed E-state index contributed by atoms with van der Waals surface area (Å²) < 4.78 is 30.9. The highest BCUT2D eigenvalue weighted by molar-refractivity contribution is 6.12. The van der Waals surface area contributed by atoms with Crippen molar-refractivity contribution >= 4 is 23.4 Å². The van der Waals surface area contributed by atoms with Gasteiger partial charge in [-0.3, -0.25) is 9.59 Å². The second kappa shape index (κ2) is 13.0. The van der Waals surface area contributed by atoms with Gasteiger partial charge in [-0.1, -0.05) is 24.3 Å². The molecular weight excluding hydrogens is 529 g/mol. The monoisotopic (exact) mass is 569 g/mol. The normalized spacial score (nSPS) is 19.6. The van der Waals surface area contributed by atoms with Crippen LogP contribution in [0.3, 0.4) is 0 Å². The minimum Gasteiger partial charge on any atom is -0.479 e. The van der Waals surface area contributed by atoms with Gasteiger partial charge in [-0.25, -0.2) is 9.18 Å². The number of benzene rings is 2. The summed E-state index contributed by atoms with van der Waals surface area (Å²) in [6, 6.07) is 10.5. The van der Waals surface area contributed by atoms with Gasteiger partial charge >= 0.3 is 11.9 Å². The molecule has 0 saturated carbocycles. The van der Waals surface area contributed by atoms with Gasteiger partial charge in [-0.15, -0.1) is 0 Å². The van der Waals surface area contributed by atoms with Crippen LogP contribution in [0.2, 0.25) is 0 Å². The highest BCUT2D eigenvalue weighted by atomic mass is 19.1. The molecule has 2 aromatic rings. The maximum Gasteiger partial charge on any atom is 0.330 e. The van der Waals surface area contributed by atoms with E-state index in [4.69, 9.17) is 14.2 Å². The number of ketones is 1. The number of halogens is 1. The SMILES string of the molecule is CC(C)N(c1ccccc1C(=O)c1ccc(F)cc1)C(/C=C/[C@@H]1C[C@H](CC(=O)OC(C)(C)C)OC(C)(C)O1)C(=O)O. The molecule has 1 aliphatic heterocycles. The van der Waals surface area contributed by atoms with E-state index in [0.717, 1.165) is 0 Å². The lowest BCUT2D eigenvalue weighted by atomic mass is 9.98. The summed E-state index contributed by atoms with van der Waals surface area (Å²) in [6.45, 7) is 12.5. The molecule has 0 bridgehead atoms. The molecule has 0 aliphatic carbocycles. The molecule has 0 radical (unpaired) electrons. The Morgan fingerprint density at radius 1 is 1.10 bits per heavy atom. The van der Waals surface area contributed by atoms with Crippen molar-refractivity contribution in [3.8, 4) is 0 Å². The highest BCUT2D eigenvalue weighted by Crippen LogP contribution is 2.31. The minimum absolute atomic E-state index is 0.0355. The maximum atomic E-state index is 13.5. The van der Waals surface area contributed by atoms with Gasteiger partial charge in [0.1, 0.15) is 17.5 Å². The van der Waals surface area contributed by atoms with E-state index in [1.54, 1.807) is 69.9 Å². The Kier molecular flexibility index (Phi) is 10.1. The van der Waals surface area contributed by atoms with E-state index in [-0.39, 0.29) is 24.2 Å². The molecule has 1 aliphatic rings. The van der Waals surface area contributed by atoms with E-state index in [1.165, 1.54) is 30.3 Å². The molecule has 222 valence electrons. The Morgan fingerprint density at radius 2 is 1.73 bits per heavy atom. The summed E-state index contributed by atoms with van der Waals surface area (Å²) in [5.41, 5.74) is 0.401. The van der Waals surface area contributed by atoms with Crippen molar-refractivity contribution < 1.29 is 38.1 Å². The Morgan fingerprint density at radius 3 is 2.32 bits per heavy atom. The van der Waals surface area contributed by atoms with E-state index < -0.39 is 41.4 Å². The van der Waals surface area contributed by atoms with Crippen LogP contribution < -0.4 is 4.90 Å². The largest absolute Gasteiger partial charge is 0.479 e. The van der Waals surface area contributed by atoms with E-state index in [9.17, 15) is 23.9 Å². The molecule has 1 unspecified atom stereocenters. The number of hydrogen-bond donors (Lipinski definition) is 1. The van der Waals surface area contributed by atoms with Crippen LogP contribution in [0.4, 0.5) is 10.1 Å². The van der Waals surface area contributed by atoms with Crippen molar-refractivity contribution in [2.24, 2.45) is 0 Å². The molecule has 1 heterocycles. The first-order chi connectivity index (χ1) is 19.1. The van der Waals surface area contributed by atoms with Crippen LogP contribution in [-0.4, -0.2) is 58.5 Å². The summed E-state index contributed by atoms with van der Waals surface area (Å²) in [5, 5.41) is 10.3. The van der Waals surface area contributed by atoms with Crippen LogP contribution in [0.1, 0.15) is 77.2 Å². The molecule has 0 amide bonds. The van der Waals surface area contributed by atoms with Crippen LogP contribution >= 0.6 is 0 Å². The van der Waals surface area contributed by atoms with Crippen LogP contribution in [0, 0.1) is 5.82 Å². The van der Waals surface area contributed by atoms with Crippen molar-refractivity contribution in [3.63, 3.8) is 0 Å².